The minimum absolute atomic E-state index is 0.0238. The van der Waals surface area contributed by atoms with E-state index in [0.29, 0.717) is 49.0 Å². The van der Waals surface area contributed by atoms with Crippen LogP contribution in [0.1, 0.15) is 62.3 Å². The molecule has 0 atom stereocenters. The van der Waals surface area contributed by atoms with Gasteiger partial charge in [0.15, 0.2) is 0 Å². The lowest BCUT2D eigenvalue weighted by atomic mass is 10.0. The van der Waals surface area contributed by atoms with Gasteiger partial charge in [-0.05, 0) is 50.5 Å². The predicted octanol–water partition coefficient (Wildman–Crippen LogP) is 2.79. The molecule has 0 radical (unpaired) electrons. The van der Waals surface area contributed by atoms with Gasteiger partial charge >= 0.3 is 0 Å². The number of benzene rings is 2. The van der Waals surface area contributed by atoms with Crippen molar-refractivity contribution in [2.24, 2.45) is 0 Å². The van der Waals surface area contributed by atoms with E-state index in [9.17, 15) is 19.2 Å². The van der Waals surface area contributed by atoms with Crippen LogP contribution in [0.3, 0.4) is 0 Å². The molecule has 0 aliphatic carbocycles. The molecule has 7 heteroatoms. The molecule has 0 saturated carbocycles. The molecule has 0 aromatic heterocycles. The zero-order valence-electron chi connectivity index (χ0n) is 18.2. The van der Waals surface area contributed by atoms with Gasteiger partial charge in [0.2, 0.25) is 5.91 Å². The number of fused-ring (bicyclic) bond motifs is 1. The first-order chi connectivity index (χ1) is 15.4. The topological polar surface area (TPSA) is 86.8 Å². The maximum Gasteiger partial charge on any atom is 0.261 e. The van der Waals surface area contributed by atoms with Crippen molar-refractivity contribution >= 4 is 23.6 Å². The Morgan fingerprint density at radius 3 is 2.12 bits per heavy atom. The fourth-order valence-electron chi connectivity index (χ4n) is 4.25. The number of carbonyl (C=O) groups excluding carboxylic acids is 4. The molecule has 2 heterocycles. The second-order valence-electron chi connectivity index (χ2n) is 8.41. The van der Waals surface area contributed by atoms with Gasteiger partial charge in [0.1, 0.15) is 0 Å². The summed E-state index contributed by atoms with van der Waals surface area (Å²) in [6.07, 6.45) is 2.08. The first-order valence-electron chi connectivity index (χ1n) is 11.0. The zero-order chi connectivity index (χ0) is 22.7. The van der Waals surface area contributed by atoms with Gasteiger partial charge in [-0.2, -0.15) is 0 Å². The number of hydrogen-bond donors (Lipinski definition) is 1. The quantitative estimate of drug-likeness (QED) is 0.710. The molecular weight excluding hydrogens is 406 g/mol. The van der Waals surface area contributed by atoms with E-state index in [1.54, 1.807) is 24.3 Å². The lowest BCUT2D eigenvalue weighted by Gasteiger charge is -2.32. The normalized spacial score (nSPS) is 16.3. The van der Waals surface area contributed by atoms with Crippen LogP contribution in [0.25, 0.3) is 0 Å². The van der Waals surface area contributed by atoms with Gasteiger partial charge in [0.05, 0.1) is 11.1 Å². The van der Waals surface area contributed by atoms with E-state index in [-0.39, 0.29) is 42.6 Å². The van der Waals surface area contributed by atoms with Crippen molar-refractivity contribution in [3.63, 3.8) is 0 Å². The molecule has 4 rings (SSSR count). The van der Waals surface area contributed by atoms with E-state index in [0.717, 1.165) is 5.56 Å². The van der Waals surface area contributed by atoms with E-state index in [1.165, 1.54) is 4.90 Å². The molecular formula is C25H27N3O4. The number of nitrogens with one attached hydrogen (secondary N) is 1. The number of piperidine rings is 1. The third-order valence-corrected chi connectivity index (χ3v) is 6.11. The number of hydrogen-bond acceptors (Lipinski definition) is 4. The number of imide groups is 1. The highest BCUT2D eigenvalue weighted by molar-refractivity contribution is 6.21. The van der Waals surface area contributed by atoms with E-state index >= 15 is 0 Å². The second-order valence-corrected chi connectivity index (χ2v) is 8.41. The molecule has 7 nitrogen and oxygen atoms in total. The molecule has 4 amide bonds. The molecule has 1 fully saturated rings. The Morgan fingerprint density at radius 1 is 0.938 bits per heavy atom. The summed E-state index contributed by atoms with van der Waals surface area (Å²) in [6.45, 7) is 3.42. The van der Waals surface area contributed by atoms with Crippen LogP contribution in [0.15, 0.2) is 48.5 Å². The number of aryl methyl sites for hydroxylation is 1. The molecule has 0 bridgehead atoms. The molecule has 2 aromatic carbocycles. The maximum absolute atomic E-state index is 12.6. The first kappa shape index (κ1) is 21.7. The number of nitrogens with zero attached hydrogens (tertiary/aromatic N) is 2. The van der Waals surface area contributed by atoms with Crippen LogP contribution in [0.5, 0.6) is 0 Å². The van der Waals surface area contributed by atoms with Crippen molar-refractivity contribution < 1.29 is 19.2 Å². The summed E-state index contributed by atoms with van der Waals surface area (Å²) in [7, 11) is 0. The molecule has 1 saturated heterocycles. The molecule has 32 heavy (non-hydrogen) atoms. The van der Waals surface area contributed by atoms with Crippen LogP contribution >= 0.6 is 0 Å². The third kappa shape index (κ3) is 4.56. The van der Waals surface area contributed by atoms with Crippen molar-refractivity contribution in [1.82, 2.24) is 15.1 Å². The van der Waals surface area contributed by atoms with Crippen LogP contribution in [0.2, 0.25) is 0 Å². The van der Waals surface area contributed by atoms with Crippen molar-refractivity contribution in [1.29, 1.82) is 0 Å². The van der Waals surface area contributed by atoms with Crippen molar-refractivity contribution in [3.8, 4) is 0 Å². The number of rotatable bonds is 6. The van der Waals surface area contributed by atoms with Crippen LogP contribution < -0.4 is 5.32 Å². The van der Waals surface area contributed by atoms with Crippen LogP contribution in [-0.2, 0) is 4.79 Å². The largest absolute Gasteiger partial charge is 0.353 e. The number of amides is 4. The summed E-state index contributed by atoms with van der Waals surface area (Å²) in [4.78, 5) is 52.8. The fraction of sp³-hybridized carbons (Fsp3) is 0.360. The van der Waals surface area contributed by atoms with Gasteiger partial charge < -0.3 is 10.2 Å². The molecule has 0 spiro atoms. The number of carbonyl (C=O) groups is 4. The summed E-state index contributed by atoms with van der Waals surface area (Å²) in [5.74, 6) is -0.658. The van der Waals surface area contributed by atoms with Crippen molar-refractivity contribution in [2.45, 2.75) is 38.6 Å². The Balaban J connectivity index is 1.19. The molecule has 0 unspecified atom stereocenters. The molecule has 1 N–H and O–H groups in total. The third-order valence-electron chi connectivity index (χ3n) is 6.11. The smallest absolute Gasteiger partial charge is 0.261 e. The molecule has 2 aliphatic rings. The Bertz CT molecular complexity index is 1000. The van der Waals surface area contributed by atoms with Gasteiger partial charge in [0.25, 0.3) is 17.7 Å². The summed E-state index contributed by atoms with van der Waals surface area (Å²) in [5.41, 5.74) is 2.65. The maximum atomic E-state index is 12.6. The Morgan fingerprint density at radius 2 is 1.53 bits per heavy atom. The summed E-state index contributed by atoms with van der Waals surface area (Å²) in [5, 5.41) is 3.03. The Hall–Kier alpha value is -3.48. The average Bonchev–Trinajstić information content (AvgIpc) is 3.05. The summed E-state index contributed by atoms with van der Waals surface area (Å²) in [6, 6.07) is 14.4. The molecule has 2 aromatic rings. The summed E-state index contributed by atoms with van der Waals surface area (Å²) < 4.78 is 0. The second kappa shape index (κ2) is 9.34. The minimum Gasteiger partial charge on any atom is -0.353 e. The van der Waals surface area contributed by atoms with Gasteiger partial charge in [-0.15, -0.1) is 0 Å². The van der Waals surface area contributed by atoms with Crippen LogP contribution in [-0.4, -0.2) is 59.1 Å². The Labute approximate surface area is 187 Å². The average molecular weight is 434 g/mol. The number of likely N-dealkylation sites (tertiary alicyclic amines) is 1. The first-order valence-corrected chi connectivity index (χ1v) is 11.0. The SMILES string of the molecule is Cc1ccc(C(=O)N2CCC(NC(=O)CCCN3C(=O)c4ccccc4C3=O)CC2)cc1. The fourth-order valence-corrected chi connectivity index (χ4v) is 4.25. The van der Waals surface area contributed by atoms with Gasteiger partial charge in [-0.25, -0.2) is 0 Å². The van der Waals surface area contributed by atoms with Crippen LogP contribution in [0.4, 0.5) is 0 Å². The van der Waals surface area contributed by atoms with Gasteiger partial charge in [0, 0.05) is 37.7 Å². The lowest BCUT2D eigenvalue weighted by molar-refractivity contribution is -0.122. The van der Waals surface area contributed by atoms with Crippen LogP contribution in [0, 0.1) is 6.92 Å². The highest BCUT2D eigenvalue weighted by Gasteiger charge is 2.34. The van der Waals surface area contributed by atoms with Gasteiger partial charge in [-0.3, -0.25) is 24.1 Å². The predicted molar refractivity (Wildman–Crippen MR) is 119 cm³/mol. The van der Waals surface area contributed by atoms with Crippen molar-refractivity contribution in [3.05, 3.63) is 70.8 Å². The van der Waals surface area contributed by atoms with Gasteiger partial charge in [-0.1, -0.05) is 29.8 Å². The standard InChI is InChI=1S/C25H27N3O4/c1-17-8-10-18(11-9-17)23(30)27-15-12-19(13-16-27)26-22(29)7-4-14-28-24(31)20-5-2-3-6-21(20)25(28)32/h2-3,5-6,8-11,19H,4,7,12-16H2,1H3,(H,26,29). The minimum atomic E-state index is -0.295. The van der Waals surface area contributed by atoms with E-state index in [1.807, 2.05) is 36.1 Å². The van der Waals surface area contributed by atoms with E-state index in [2.05, 4.69) is 5.32 Å². The molecule has 166 valence electrons. The van der Waals surface area contributed by atoms with E-state index < -0.39 is 0 Å². The highest BCUT2D eigenvalue weighted by Crippen LogP contribution is 2.22. The zero-order valence-corrected chi connectivity index (χ0v) is 18.2. The molecule has 2 aliphatic heterocycles. The Kier molecular flexibility index (Phi) is 6.35. The monoisotopic (exact) mass is 433 g/mol. The highest BCUT2D eigenvalue weighted by atomic mass is 16.2. The summed E-state index contributed by atoms with van der Waals surface area (Å²) >= 11 is 0. The van der Waals surface area contributed by atoms with E-state index in [4.69, 9.17) is 0 Å². The van der Waals surface area contributed by atoms with Crippen molar-refractivity contribution in [2.75, 3.05) is 19.6 Å². The lowest BCUT2D eigenvalue weighted by Crippen LogP contribution is -2.46.